The summed E-state index contributed by atoms with van der Waals surface area (Å²) in [7, 11) is 0. The second-order valence-electron chi connectivity index (χ2n) is 7.00. The van der Waals surface area contributed by atoms with Gasteiger partial charge >= 0.3 is 0 Å². The van der Waals surface area contributed by atoms with Crippen molar-refractivity contribution in [3.05, 3.63) is 47.5 Å². The summed E-state index contributed by atoms with van der Waals surface area (Å²) in [6.45, 7) is 7.53. The highest BCUT2D eigenvalue weighted by Gasteiger charge is 2.26. The number of fused-ring (bicyclic) bond motifs is 1. The van der Waals surface area contributed by atoms with Crippen molar-refractivity contribution in [3.8, 4) is 5.75 Å². The summed E-state index contributed by atoms with van der Waals surface area (Å²) in [6, 6.07) is 6.08. The minimum atomic E-state index is -0.0999. The molecule has 1 aliphatic heterocycles. The van der Waals surface area contributed by atoms with Crippen LogP contribution in [-0.4, -0.2) is 27.6 Å². The van der Waals surface area contributed by atoms with Gasteiger partial charge in [0, 0.05) is 25.5 Å². The summed E-state index contributed by atoms with van der Waals surface area (Å²) in [5.41, 5.74) is 2.14. The van der Waals surface area contributed by atoms with Crippen LogP contribution in [-0.2, 0) is 24.2 Å². The van der Waals surface area contributed by atoms with E-state index < -0.39 is 0 Å². The van der Waals surface area contributed by atoms with Gasteiger partial charge in [0.25, 0.3) is 0 Å². The molecule has 0 fully saturated rings. The van der Waals surface area contributed by atoms with Crippen LogP contribution in [0.25, 0.3) is 0 Å². The third-order valence-corrected chi connectivity index (χ3v) is 4.47. The molecule has 0 bridgehead atoms. The molecule has 5 nitrogen and oxygen atoms in total. The van der Waals surface area contributed by atoms with Gasteiger partial charge in [-0.2, -0.15) is 0 Å². The van der Waals surface area contributed by atoms with Crippen molar-refractivity contribution in [1.29, 1.82) is 0 Å². The largest absolute Gasteiger partial charge is 0.488 e. The number of hydrogen-bond acceptors (Lipinski definition) is 3. The molecule has 0 aliphatic carbocycles. The van der Waals surface area contributed by atoms with E-state index in [0.29, 0.717) is 13.0 Å². The van der Waals surface area contributed by atoms with Gasteiger partial charge < -0.3 is 14.6 Å². The molecule has 128 valence electrons. The summed E-state index contributed by atoms with van der Waals surface area (Å²) < 4.78 is 8.01. The van der Waals surface area contributed by atoms with Crippen molar-refractivity contribution < 1.29 is 9.53 Å². The van der Waals surface area contributed by atoms with Crippen molar-refractivity contribution in [1.82, 2.24) is 14.9 Å². The second-order valence-corrected chi connectivity index (χ2v) is 7.00. The first-order valence-electron chi connectivity index (χ1n) is 8.48. The molecule has 5 heteroatoms. The molecule has 1 aromatic carbocycles. The second kappa shape index (κ2) is 6.67. The van der Waals surface area contributed by atoms with Crippen molar-refractivity contribution >= 4 is 5.91 Å². The van der Waals surface area contributed by atoms with Crippen molar-refractivity contribution in [3.63, 3.8) is 0 Å². The third-order valence-electron chi connectivity index (χ3n) is 4.47. The van der Waals surface area contributed by atoms with E-state index >= 15 is 0 Å². The van der Waals surface area contributed by atoms with Gasteiger partial charge in [0.1, 0.15) is 17.2 Å². The molecule has 0 unspecified atom stereocenters. The fourth-order valence-corrected chi connectivity index (χ4v) is 3.03. The van der Waals surface area contributed by atoms with E-state index in [4.69, 9.17) is 4.74 Å². The highest BCUT2D eigenvalue weighted by Crippen LogP contribution is 2.33. The number of benzene rings is 1. The molecule has 24 heavy (non-hydrogen) atoms. The number of aromatic nitrogens is 2. The zero-order chi connectivity index (χ0) is 17.2. The van der Waals surface area contributed by atoms with Crippen molar-refractivity contribution in [2.45, 2.75) is 52.2 Å². The molecule has 1 aromatic heterocycles. The maximum absolute atomic E-state index is 12.1. The van der Waals surface area contributed by atoms with E-state index in [1.165, 1.54) is 5.56 Å². The van der Waals surface area contributed by atoms with Gasteiger partial charge in [0.05, 0.1) is 6.42 Å². The molecule has 0 saturated heterocycles. The lowest BCUT2D eigenvalue weighted by molar-refractivity contribution is -0.120. The van der Waals surface area contributed by atoms with E-state index in [0.717, 1.165) is 36.5 Å². The van der Waals surface area contributed by atoms with Crippen molar-refractivity contribution in [2.24, 2.45) is 0 Å². The number of nitrogens with one attached hydrogen (secondary N) is 1. The lowest BCUT2D eigenvalue weighted by Gasteiger charge is -2.32. The highest BCUT2D eigenvalue weighted by atomic mass is 16.5. The SMILES string of the molecule is Cc1nccn1CCNC(=O)Cc1ccc2c(c1)CCC(C)(C)O2. The van der Waals surface area contributed by atoms with Crippen LogP contribution < -0.4 is 10.1 Å². The molecular weight excluding hydrogens is 302 g/mol. The van der Waals surface area contributed by atoms with E-state index in [2.05, 4.69) is 30.2 Å². The minimum absolute atomic E-state index is 0.0461. The first kappa shape index (κ1) is 16.6. The average molecular weight is 327 g/mol. The molecule has 0 saturated carbocycles. The molecule has 2 heterocycles. The van der Waals surface area contributed by atoms with E-state index in [-0.39, 0.29) is 11.5 Å². The van der Waals surface area contributed by atoms with Gasteiger partial charge in [-0.05, 0) is 50.8 Å². The van der Waals surface area contributed by atoms with Gasteiger partial charge in [-0.25, -0.2) is 4.98 Å². The Bertz CT molecular complexity index is 734. The molecular formula is C19H25N3O2. The molecule has 1 aliphatic rings. The molecule has 3 rings (SSSR count). The smallest absolute Gasteiger partial charge is 0.224 e. The standard InChI is InChI=1S/C19H25N3O2/c1-14-20-8-10-22(14)11-9-21-18(23)13-15-4-5-17-16(12-15)6-7-19(2,3)24-17/h4-5,8,10,12H,6-7,9,11,13H2,1-3H3,(H,21,23). The van der Waals surface area contributed by atoms with Crippen LogP contribution in [0, 0.1) is 6.92 Å². The fourth-order valence-electron chi connectivity index (χ4n) is 3.03. The lowest BCUT2D eigenvalue weighted by atomic mass is 9.93. The van der Waals surface area contributed by atoms with E-state index in [1.54, 1.807) is 6.20 Å². The van der Waals surface area contributed by atoms with Crippen LogP contribution in [0.5, 0.6) is 5.75 Å². The minimum Gasteiger partial charge on any atom is -0.488 e. The monoisotopic (exact) mass is 327 g/mol. The zero-order valence-corrected chi connectivity index (χ0v) is 14.6. The fraction of sp³-hybridized carbons (Fsp3) is 0.474. The molecule has 1 N–H and O–H groups in total. The van der Waals surface area contributed by atoms with Gasteiger partial charge in [-0.1, -0.05) is 12.1 Å². The quantitative estimate of drug-likeness (QED) is 0.918. The zero-order valence-electron chi connectivity index (χ0n) is 14.6. The number of nitrogens with zero attached hydrogens (tertiary/aromatic N) is 2. The Labute approximate surface area is 143 Å². The van der Waals surface area contributed by atoms with Crippen LogP contribution in [0.4, 0.5) is 0 Å². The Kier molecular flexibility index (Phi) is 4.60. The number of aryl methyl sites for hydroxylation is 2. The number of ether oxygens (including phenoxy) is 1. The average Bonchev–Trinajstić information content (AvgIpc) is 2.92. The predicted molar refractivity (Wildman–Crippen MR) is 93.1 cm³/mol. The topological polar surface area (TPSA) is 56.2 Å². The van der Waals surface area contributed by atoms with Crippen LogP contribution in [0.2, 0.25) is 0 Å². The molecule has 1 amide bonds. The number of carbonyl (C=O) groups is 1. The Morgan fingerprint density at radius 2 is 2.25 bits per heavy atom. The van der Waals surface area contributed by atoms with Crippen LogP contribution >= 0.6 is 0 Å². The molecule has 0 spiro atoms. The van der Waals surface area contributed by atoms with Gasteiger partial charge in [0.2, 0.25) is 5.91 Å². The summed E-state index contributed by atoms with van der Waals surface area (Å²) in [6.07, 6.45) is 6.09. The number of rotatable bonds is 5. The Morgan fingerprint density at radius 1 is 1.42 bits per heavy atom. The van der Waals surface area contributed by atoms with Crippen LogP contribution in [0.1, 0.15) is 37.2 Å². The number of amides is 1. The normalized spacial score (nSPS) is 15.5. The summed E-state index contributed by atoms with van der Waals surface area (Å²) in [4.78, 5) is 16.3. The molecule has 0 atom stereocenters. The van der Waals surface area contributed by atoms with Crippen molar-refractivity contribution in [2.75, 3.05) is 6.54 Å². The van der Waals surface area contributed by atoms with E-state index in [1.807, 2.05) is 29.8 Å². The Hall–Kier alpha value is -2.30. The van der Waals surface area contributed by atoms with Gasteiger partial charge in [-0.15, -0.1) is 0 Å². The first-order valence-corrected chi connectivity index (χ1v) is 8.48. The summed E-state index contributed by atoms with van der Waals surface area (Å²) in [5, 5.41) is 2.97. The van der Waals surface area contributed by atoms with Gasteiger partial charge in [-0.3, -0.25) is 4.79 Å². The lowest BCUT2D eigenvalue weighted by Crippen LogP contribution is -2.32. The summed E-state index contributed by atoms with van der Waals surface area (Å²) in [5.74, 6) is 1.96. The third kappa shape index (κ3) is 3.96. The maximum Gasteiger partial charge on any atom is 0.224 e. The van der Waals surface area contributed by atoms with Crippen LogP contribution in [0.15, 0.2) is 30.6 Å². The predicted octanol–water partition coefficient (Wildman–Crippen LogP) is 2.65. The van der Waals surface area contributed by atoms with Crippen LogP contribution in [0.3, 0.4) is 0 Å². The maximum atomic E-state index is 12.1. The Balaban J connectivity index is 1.52. The molecule has 2 aromatic rings. The first-order chi connectivity index (χ1) is 11.4. The number of hydrogen-bond donors (Lipinski definition) is 1. The number of imidazole rings is 1. The van der Waals surface area contributed by atoms with Gasteiger partial charge in [0.15, 0.2) is 0 Å². The van der Waals surface area contributed by atoms with E-state index in [9.17, 15) is 4.79 Å². The highest BCUT2D eigenvalue weighted by molar-refractivity contribution is 5.78. The number of carbonyl (C=O) groups excluding carboxylic acids is 1. The molecule has 0 radical (unpaired) electrons. The Morgan fingerprint density at radius 3 is 3.00 bits per heavy atom. The summed E-state index contributed by atoms with van der Waals surface area (Å²) >= 11 is 0.